The molecule has 3 atom stereocenters. The van der Waals surface area contributed by atoms with E-state index in [9.17, 15) is 0 Å². The van der Waals surface area contributed by atoms with Crippen LogP contribution in [0.2, 0.25) is 0 Å². The second-order valence-corrected chi connectivity index (χ2v) is 6.96. The van der Waals surface area contributed by atoms with E-state index < -0.39 is 0 Å². The van der Waals surface area contributed by atoms with Crippen LogP contribution in [-0.4, -0.2) is 0 Å². The molecule has 0 nitrogen and oxygen atoms in total. The summed E-state index contributed by atoms with van der Waals surface area (Å²) in [5.41, 5.74) is 6.80. The highest BCUT2D eigenvalue weighted by molar-refractivity contribution is 5.77. The molecule has 20 heavy (non-hydrogen) atoms. The molecular weight excluding hydrogens is 240 g/mol. The van der Waals surface area contributed by atoms with Crippen molar-refractivity contribution in [2.75, 3.05) is 0 Å². The second kappa shape index (κ2) is 3.75. The molecule has 0 heteroatoms. The van der Waals surface area contributed by atoms with Gasteiger partial charge in [0, 0.05) is 5.41 Å². The minimum atomic E-state index is 0.466. The Morgan fingerprint density at radius 2 is 1.60 bits per heavy atom. The molecule has 0 aromatic heterocycles. The lowest BCUT2D eigenvalue weighted by molar-refractivity contribution is 0.252. The lowest BCUT2D eigenvalue weighted by atomic mass is 9.56. The molecule has 5 rings (SSSR count). The molecule has 0 N–H and O–H groups in total. The highest BCUT2D eigenvalue weighted by Gasteiger charge is 2.55. The van der Waals surface area contributed by atoms with Gasteiger partial charge in [0.05, 0.1) is 0 Å². The average Bonchev–Trinajstić information content (AvgIpc) is 2.76. The van der Waals surface area contributed by atoms with Crippen molar-refractivity contribution in [3.8, 4) is 11.1 Å². The molecule has 0 radical (unpaired) electrons. The Bertz CT molecular complexity index is 680. The predicted molar refractivity (Wildman–Crippen MR) is 82.9 cm³/mol. The predicted octanol–water partition coefficient (Wildman–Crippen LogP) is 5.28. The van der Waals surface area contributed by atoms with E-state index in [-0.39, 0.29) is 0 Å². The van der Waals surface area contributed by atoms with Gasteiger partial charge in [-0.05, 0) is 59.8 Å². The van der Waals surface area contributed by atoms with Crippen LogP contribution in [0.5, 0.6) is 0 Å². The summed E-state index contributed by atoms with van der Waals surface area (Å²) in [4.78, 5) is 0. The van der Waals surface area contributed by atoms with Gasteiger partial charge in [-0.1, -0.05) is 55.0 Å². The lowest BCUT2D eigenvalue weighted by Crippen LogP contribution is -2.37. The van der Waals surface area contributed by atoms with Crippen molar-refractivity contribution in [3.05, 3.63) is 59.7 Å². The SMILES string of the molecule is c1ccc2c(c1)-c1ccccc1C13CCCC(CC1)C23. The van der Waals surface area contributed by atoms with Gasteiger partial charge < -0.3 is 0 Å². The van der Waals surface area contributed by atoms with Crippen molar-refractivity contribution in [2.45, 2.75) is 43.4 Å². The van der Waals surface area contributed by atoms with Crippen molar-refractivity contribution >= 4 is 0 Å². The van der Waals surface area contributed by atoms with Gasteiger partial charge in [-0.3, -0.25) is 0 Å². The Kier molecular flexibility index (Phi) is 2.09. The standard InChI is InChI=1S/C20H20/c1-2-9-17-15(7-1)16-8-3-4-10-18(16)20-12-5-6-14(11-13-20)19(17)20/h1-4,7-10,14,19H,5-6,11-13H2. The van der Waals surface area contributed by atoms with Crippen LogP contribution in [0.4, 0.5) is 0 Å². The zero-order chi connectivity index (χ0) is 13.2. The van der Waals surface area contributed by atoms with Crippen LogP contribution in [0.3, 0.4) is 0 Å². The van der Waals surface area contributed by atoms with Crippen LogP contribution in [0, 0.1) is 5.92 Å². The molecule has 3 unspecified atom stereocenters. The van der Waals surface area contributed by atoms with Gasteiger partial charge in [-0.25, -0.2) is 0 Å². The fourth-order valence-electron chi connectivity index (χ4n) is 5.64. The number of hydrogen-bond donors (Lipinski definition) is 0. The van der Waals surface area contributed by atoms with Crippen LogP contribution < -0.4 is 0 Å². The molecule has 2 bridgehead atoms. The summed E-state index contributed by atoms with van der Waals surface area (Å²) in [5.74, 6) is 1.72. The van der Waals surface area contributed by atoms with Gasteiger partial charge in [0.2, 0.25) is 0 Å². The summed E-state index contributed by atoms with van der Waals surface area (Å²) in [7, 11) is 0. The summed E-state index contributed by atoms with van der Waals surface area (Å²) in [6.07, 6.45) is 7.13. The highest BCUT2D eigenvalue weighted by atomic mass is 14.6. The highest BCUT2D eigenvalue weighted by Crippen LogP contribution is 2.65. The van der Waals surface area contributed by atoms with E-state index in [1.54, 1.807) is 11.1 Å². The molecule has 0 heterocycles. The third-order valence-electron chi connectivity index (χ3n) is 6.28. The number of fused-ring (bicyclic) bond motifs is 3. The van der Waals surface area contributed by atoms with Crippen molar-refractivity contribution in [2.24, 2.45) is 5.92 Å². The van der Waals surface area contributed by atoms with E-state index >= 15 is 0 Å². The van der Waals surface area contributed by atoms with Crippen molar-refractivity contribution in [1.29, 1.82) is 0 Å². The molecule has 3 aliphatic carbocycles. The van der Waals surface area contributed by atoms with Crippen LogP contribution in [-0.2, 0) is 5.41 Å². The maximum atomic E-state index is 2.42. The Morgan fingerprint density at radius 3 is 2.55 bits per heavy atom. The molecule has 0 spiro atoms. The van der Waals surface area contributed by atoms with E-state index in [2.05, 4.69) is 48.5 Å². The second-order valence-electron chi connectivity index (χ2n) is 6.96. The lowest BCUT2D eigenvalue weighted by Gasteiger charge is -2.47. The van der Waals surface area contributed by atoms with E-state index in [0.29, 0.717) is 5.41 Å². The van der Waals surface area contributed by atoms with Gasteiger partial charge in [0.25, 0.3) is 0 Å². The van der Waals surface area contributed by atoms with E-state index in [0.717, 1.165) is 11.8 Å². The summed E-state index contributed by atoms with van der Waals surface area (Å²) >= 11 is 0. The molecule has 2 aromatic rings. The first-order valence-electron chi connectivity index (χ1n) is 8.09. The zero-order valence-electron chi connectivity index (χ0n) is 11.8. The zero-order valence-corrected chi connectivity index (χ0v) is 11.8. The van der Waals surface area contributed by atoms with Crippen LogP contribution in [0.15, 0.2) is 48.5 Å². The molecule has 2 saturated carbocycles. The number of benzene rings is 2. The summed E-state index contributed by atoms with van der Waals surface area (Å²) in [6, 6.07) is 18.4. The maximum Gasteiger partial charge on any atom is 0.00307 e. The summed E-state index contributed by atoms with van der Waals surface area (Å²) < 4.78 is 0. The van der Waals surface area contributed by atoms with Crippen molar-refractivity contribution < 1.29 is 0 Å². The Labute approximate surface area is 120 Å². The maximum absolute atomic E-state index is 2.42. The average molecular weight is 260 g/mol. The molecule has 100 valence electrons. The van der Waals surface area contributed by atoms with Crippen molar-refractivity contribution in [1.82, 2.24) is 0 Å². The largest absolute Gasteiger partial charge is 0.0619 e. The fourth-order valence-corrected chi connectivity index (χ4v) is 5.64. The molecule has 2 fully saturated rings. The smallest absolute Gasteiger partial charge is 0.00307 e. The van der Waals surface area contributed by atoms with E-state index in [4.69, 9.17) is 0 Å². The molecule has 0 aliphatic heterocycles. The summed E-state index contributed by atoms with van der Waals surface area (Å²) in [5, 5.41) is 0. The topological polar surface area (TPSA) is 0 Å². The first-order valence-corrected chi connectivity index (χ1v) is 8.09. The third kappa shape index (κ3) is 1.19. The third-order valence-corrected chi connectivity index (χ3v) is 6.28. The van der Waals surface area contributed by atoms with Gasteiger partial charge >= 0.3 is 0 Å². The van der Waals surface area contributed by atoms with Gasteiger partial charge in [0.15, 0.2) is 0 Å². The number of rotatable bonds is 0. The quantitative estimate of drug-likeness (QED) is 0.604. The van der Waals surface area contributed by atoms with Gasteiger partial charge in [-0.2, -0.15) is 0 Å². The van der Waals surface area contributed by atoms with E-state index in [1.165, 1.54) is 43.2 Å². The molecule has 0 amide bonds. The Morgan fingerprint density at radius 1 is 0.800 bits per heavy atom. The van der Waals surface area contributed by atoms with Crippen LogP contribution in [0.25, 0.3) is 11.1 Å². The van der Waals surface area contributed by atoms with Crippen molar-refractivity contribution in [3.63, 3.8) is 0 Å². The monoisotopic (exact) mass is 260 g/mol. The minimum absolute atomic E-state index is 0.466. The molecular formula is C20H20. The first kappa shape index (κ1) is 11.1. The van der Waals surface area contributed by atoms with Crippen LogP contribution in [0.1, 0.15) is 49.1 Å². The molecule has 3 aliphatic rings. The van der Waals surface area contributed by atoms with Crippen LogP contribution >= 0.6 is 0 Å². The molecule has 0 saturated heterocycles. The first-order chi connectivity index (χ1) is 9.90. The van der Waals surface area contributed by atoms with Gasteiger partial charge in [0.1, 0.15) is 0 Å². The summed E-state index contributed by atoms with van der Waals surface area (Å²) in [6.45, 7) is 0. The fraction of sp³-hybridized carbons (Fsp3) is 0.400. The van der Waals surface area contributed by atoms with Gasteiger partial charge in [-0.15, -0.1) is 0 Å². The minimum Gasteiger partial charge on any atom is -0.0619 e. The van der Waals surface area contributed by atoms with E-state index in [1.807, 2.05) is 0 Å². The Hall–Kier alpha value is -1.56. The normalized spacial score (nSPS) is 33.2. The number of hydrogen-bond acceptors (Lipinski definition) is 0. The Balaban J connectivity index is 1.88. The molecule has 2 aromatic carbocycles.